The van der Waals surface area contributed by atoms with E-state index in [-0.39, 0.29) is 24.1 Å². The predicted molar refractivity (Wildman–Crippen MR) is 97.1 cm³/mol. The Morgan fingerprint density at radius 1 is 1.28 bits per heavy atom. The fraction of sp³-hybridized carbons (Fsp3) is 0.222. The molecular formula is C18H18N4O2S. The SMILES string of the molecule is Cc1ccc(NC(=O)CN(C)C(=O)CSc2cc(C#N)ccn2)cc1. The van der Waals surface area contributed by atoms with Crippen LogP contribution < -0.4 is 5.32 Å². The summed E-state index contributed by atoms with van der Waals surface area (Å²) in [6, 6.07) is 12.7. The zero-order valence-corrected chi connectivity index (χ0v) is 14.8. The first kappa shape index (κ1) is 18.5. The van der Waals surface area contributed by atoms with Gasteiger partial charge in [-0.25, -0.2) is 4.98 Å². The lowest BCUT2D eigenvalue weighted by atomic mass is 10.2. The molecule has 0 atom stereocenters. The number of nitrogens with one attached hydrogen (secondary N) is 1. The van der Waals surface area contributed by atoms with Crippen molar-refractivity contribution in [2.24, 2.45) is 0 Å². The number of thioether (sulfide) groups is 1. The van der Waals surface area contributed by atoms with Gasteiger partial charge in [0.1, 0.15) is 0 Å². The summed E-state index contributed by atoms with van der Waals surface area (Å²) in [5, 5.41) is 12.2. The molecule has 0 fully saturated rings. The quantitative estimate of drug-likeness (QED) is 0.805. The van der Waals surface area contributed by atoms with Crippen molar-refractivity contribution >= 4 is 29.3 Å². The van der Waals surface area contributed by atoms with Gasteiger partial charge in [0.2, 0.25) is 11.8 Å². The van der Waals surface area contributed by atoms with E-state index in [9.17, 15) is 9.59 Å². The van der Waals surface area contributed by atoms with E-state index in [4.69, 9.17) is 5.26 Å². The highest BCUT2D eigenvalue weighted by Crippen LogP contribution is 2.16. The van der Waals surface area contributed by atoms with Gasteiger partial charge in [0.05, 0.1) is 29.0 Å². The molecule has 2 rings (SSSR count). The maximum Gasteiger partial charge on any atom is 0.243 e. The third kappa shape index (κ3) is 5.94. The van der Waals surface area contributed by atoms with Crippen LogP contribution >= 0.6 is 11.8 Å². The van der Waals surface area contributed by atoms with Crippen LogP contribution in [0.3, 0.4) is 0 Å². The average Bonchev–Trinajstić information content (AvgIpc) is 2.61. The summed E-state index contributed by atoms with van der Waals surface area (Å²) in [6.07, 6.45) is 1.53. The van der Waals surface area contributed by atoms with E-state index in [1.54, 1.807) is 19.2 Å². The molecular weight excluding hydrogens is 336 g/mol. The molecule has 0 saturated heterocycles. The Bertz CT molecular complexity index is 799. The number of amides is 2. The van der Waals surface area contributed by atoms with Crippen LogP contribution in [0, 0.1) is 18.3 Å². The van der Waals surface area contributed by atoms with E-state index in [1.165, 1.54) is 22.9 Å². The van der Waals surface area contributed by atoms with Gasteiger partial charge in [-0.2, -0.15) is 5.26 Å². The van der Waals surface area contributed by atoms with Crippen molar-refractivity contribution in [2.45, 2.75) is 11.9 Å². The van der Waals surface area contributed by atoms with Gasteiger partial charge in [0.25, 0.3) is 0 Å². The van der Waals surface area contributed by atoms with Crippen molar-refractivity contribution in [3.05, 3.63) is 53.7 Å². The number of nitrogens with zero attached hydrogens (tertiary/aromatic N) is 3. The Morgan fingerprint density at radius 3 is 2.68 bits per heavy atom. The smallest absolute Gasteiger partial charge is 0.243 e. The molecule has 0 spiro atoms. The minimum atomic E-state index is -0.255. The summed E-state index contributed by atoms with van der Waals surface area (Å²) < 4.78 is 0. The van der Waals surface area contributed by atoms with Crippen molar-refractivity contribution in [3.8, 4) is 6.07 Å². The van der Waals surface area contributed by atoms with Crippen LogP contribution in [-0.4, -0.2) is 41.0 Å². The zero-order valence-electron chi connectivity index (χ0n) is 14.0. The molecule has 1 aromatic carbocycles. The molecule has 0 bridgehead atoms. The Balaban J connectivity index is 1.82. The molecule has 1 aromatic heterocycles. The van der Waals surface area contributed by atoms with Crippen molar-refractivity contribution in [1.82, 2.24) is 9.88 Å². The first-order valence-corrected chi connectivity index (χ1v) is 8.56. The number of hydrogen-bond donors (Lipinski definition) is 1. The van der Waals surface area contributed by atoms with Crippen LogP contribution in [0.2, 0.25) is 0 Å². The monoisotopic (exact) mass is 354 g/mol. The molecule has 6 nitrogen and oxygen atoms in total. The number of nitriles is 1. The largest absolute Gasteiger partial charge is 0.336 e. The third-order valence-corrected chi connectivity index (χ3v) is 4.26. The number of likely N-dealkylation sites (N-methyl/N-ethyl adjacent to an activating group) is 1. The summed E-state index contributed by atoms with van der Waals surface area (Å²) in [4.78, 5) is 29.6. The van der Waals surface area contributed by atoms with Crippen molar-refractivity contribution in [2.75, 3.05) is 24.7 Å². The molecule has 2 aromatic rings. The highest BCUT2D eigenvalue weighted by Gasteiger charge is 2.14. The lowest BCUT2D eigenvalue weighted by molar-refractivity contribution is -0.131. The third-order valence-electron chi connectivity index (χ3n) is 3.35. The molecule has 7 heteroatoms. The van der Waals surface area contributed by atoms with Gasteiger partial charge in [-0.1, -0.05) is 29.5 Å². The lowest BCUT2D eigenvalue weighted by Gasteiger charge is -2.16. The second-order valence-electron chi connectivity index (χ2n) is 5.45. The molecule has 1 N–H and O–H groups in total. The molecule has 0 saturated carbocycles. The molecule has 2 amide bonds. The molecule has 0 aliphatic rings. The minimum Gasteiger partial charge on any atom is -0.336 e. The van der Waals surface area contributed by atoms with E-state index >= 15 is 0 Å². The number of aromatic nitrogens is 1. The number of rotatable bonds is 6. The number of aryl methyl sites for hydroxylation is 1. The van der Waals surface area contributed by atoms with Crippen LogP contribution in [0.25, 0.3) is 0 Å². The molecule has 0 aliphatic carbocycles. The average molecular weight is 354 g/mol. The van der Waals surface area contributed by atoms with Crippen molar-refractivity contribution in [3.63, 3.8) is 0 Å². The number of carbonyl (C=O) groups is 2. The van der Waals surface area contributed by atoms with Gasteiger partial charge in [-0.05, 0) is 31.2 Å². The summed E-state index contributed by atoms with van der Waals surface area (Å²) >= 11 is 1.23. The Labute approximate surface area is 150 Å². The molecule has 128 valence electrons. The van der Waals surface area contributed by atoms with E-state index < -0.39 is 0 Å². The number of anilines is 1. The van der Waals surface area contributed by atoms with Gasteiger partial charge >= 0.3 is 0 Å². The van der Waals surface area contributed by atoms with E-state index in [1.807, 2.05) is 37.3 Å². The molecule has 25 heavy (non-hydrogen) atoms. The Hall–Kier alpha value is -2.85. The summed E-state index contributed by atoms with van der Waals surface area (Å²) in [7, 11) is 1.58. The molecule has 0 unspecified atom stereocenters. The molecule has 0 radical (unpaired) electrons. The van der Waals surface area contributed by atoms with Crippen LogP contribution in [0.4, 0.5) is 5.69 Å². The second-order valence-corrected chi connectivity index (χ2v) is 6.44. The first-order chi connectivity index (χ1) is 12.0. The van der Waals surface area contributed by atoms with Crippen LogP contribution in [0.1, 0.15) is 11.1 Å². The number of pyridine rings is 1. The zero-order chi connectivity index (χ0) is 18.2. The van der Waals surface area contributed by atoms with Gasteiger partial charge in [-0.3, -0.25) is 9.59 Å². The summed E-state index contributed by atoms with van der Waals surface area (Å²) in [5.41, 5.74) is 2.30. The normalized spacial score (nSPS) is 9.96. The molecule has 1 heterocycles. The highest BCUT2D eigenvalue weighted by atomic mass is 32.2. The maximum absolute atomic E-state index is 12.1. The van der Waals surface area contributed by atoms with Gasteiger partial charge < -0.3 is 10.2 Å². The number of carbonyl (C=O) groups excluding carboxylic acids is 2. The lowest BCUT2D eigenvalue weighted by Crippen LogP contribution is -2.35. The van der Waals surface area contributed by atoms with Crippen LogP contribution in [0.5, 0.6) is 0 Å². The van der Waals surface area contributed by atoms with Gasteiger partial charge in [0, 0.05) is 18.9 Å². The number of hydrogen-bond acceptors (Lipinski definition) is 5. The topological polar surface area (TPSA) is 86.1 Å². The standard InChI is InChI=1S/C18H18N4O2S/c1-13-3-5-15(6-4-13)21-16(23)11-22(2)18(24)12-25-17-9-14(10-19)7-8-20-17/h3-9H,11-12H2,1-2H3,(H,21,23). The fourth-order valence-corrected chi connectivity index (χ4v) is 2.78. The van der Waals surface area contributed by atoms with E-state index in [2.05, 4.69) is 10.3 Å². The van der Waals surface area contributed by atoms with Crippen LogP contribution in [-0.2, 0) is 9.59 Å². The first-order valence-electron chi connectivity index (χ1n) is 7.57. The minimum absolute atomic E-state index is 0.0288. The van der Waals surface area contributed by atoms with Gasteiger partial charge in [0.15, 0.2) is 0 Å². The molecule has 0 aliphatic heterocycles. The van der Waals surface area contributed by atoms with Gasteiger partial charge in [-0.15, -0.1) is 0 Å². The predicted octanol–water partition coefficient (Wildman–Crippen LogP) is 2.45. The number of benzene rings is 1. The van der Waals surface area contributed by atoms with E-state index in [0.717, 1.165) is 5.56 Å². The highest BCUT2D eigenvalue weighted by molar-refractivity contribution is 7.99. The Kier molecular flexibility index (Phi) is 6.54. The summed E-state index contributed by atoms with van der Waals surface area (Å²) in [5.74, 6) is -0.293. The Morgan fingerprint density at radius 2 is 2.00 bits per heavy atom. The summed E-state index contributed by atoms with van der Waals surface area (Å²) in [6.45, 7) is 1.94. The second kappa shape index (κ2) is 8.85. The maximum atomic E-state index is 12.1. The fourth-order valence-electron chi connectivity index (χ4n) is 1.94. The van der Waals surface area contributed by atoms with Crippen molar-refractivity contribution in [1.29, 1.82) is 5.26 Å². The van der Waals surface area contributed by atoms with E-state index in [0.29, 0.717) is 16.3 Å². The van der Waals surface area contributed by atoms with Crippen LogP contribution in [0.15, 0.2) is 47.6 Å². The van der Waals surface area contributed by atoms with Crippen molar-refractivity contribution < 1.29 is 9.59 Å².